The average molecular weight is 261 g/mol. The Kier molecular flexibility index (Phi) is 2.67. The second-order valence-electron chi connectivity index (χ2n) is 5.76. The predicted molar refractivity (Wildman–Crippen MR) is 75.3 cm³/mol. The number of hydrogen-bond donors (Lipinski definition) is 1. The van der Waals surface area contributed by atoms with Crippen molar-refractivity contribution in [2.24, 2.45) is 0 Å². The molecule has 1 aliphatic heterocycles. The standard InChI is InChI=1S/C14H19N3O2/c1-9-7-17(8-14(2,3)19-9)13-16-12-10(15)5-4-6-11(12)18-13/h4-6,9H,7-8,15H2,1-3H3. The quantitative estimate of drug-likeness (QED) is 0.799. The van der Waals surface area contributed by atoms with E-state index in [1.165, 1.54) is 0 Å². The molecule has 0 bridgehead atoms. The summed E-state index contributed by atoms with van der Waals surface area (Å²) in [5.74, 6) is 0. The van der Waals surface area contributed by atoms with Gasteiger partial charge in [0.05, 0.1) is 23.9 Å². The van der Waals surface area contributed by atoms with Gasteiger partial charge in [-0.3, -0.25) is 0 Å². The molecule has 102 valence electrons. The molecule has 19 heavy (non-hydrogen) atoms. The highest BCUT2D eigenvalue weighted by Crippen LogP contribution is 2.29. The van der Waals surface area contributed by atoms with Crippen molar-refractivity contribution in [3.05, 3.63) is 18.2 Å². The Labute approximate surface area is 112 Å². The SMILES string of the molecule is CC1CN(c2nc3c(N)cccc3o2)CC(C)(C)O1. The smallest absolute Gasteiger partial charge is 0.298 e. The van der Waals surface area contributed by atoms with Crippen molar-refractivity contribution in [3.63, 3.8) is 0 Å². The molecule has 5 heteroatoms. The first-order chi connectivity index (χ1) is 8.94. The van der Waals surface area contributed by atoms with Crippen molar-refractivity contribution < 1.29 is 9.15 Å². The van der Waals surface area contributed by atoms with Crippen LogP contribution < -0.4 is 10.6 Å². The van der Waals surface area contributed by atoms with E-state index in [2.05, 4.69) is 30.7 Å². The van der Waals surface area contributed by atoms with Crippen LogP contribution in [0.2, 0.25) is 0 Å². The number of ether oxygens (including phenoxy) is 1. The molecule has 0 saturated carbocycles. The molecule has 2 N–H and O–H groups in total. The molecular formula is C14H19N3O2. The van der Waals surface area contributed by atoms with Crippen LogP contribution in [0.1, 0.15) is 20.8 Å². The highest BCUT2D eigenvalue weighted by atomic mass is 16.5. The van der Waals surface area contributed by atoms with Crippen LogP contribution in [0.4, 0.5) is 11.7 Å². The number of rotatable bonds is 1. The molecule has 3 rings (SSSR count). The summed E-state index contributed by atoms with van der Waals surface area (Å²) in [5.41, 5.74) is 7.82. The van der Waals surface area contributed by atoms with E-state index in [9.17, 15) is 0 Å². The Hall–Kier alpha value is -1.75. The van der Waals surface area contributed by atoms with E-state index in [1.807, 2.05) is 18.2 Å². The summed E-state index contributed by atoms with van der Waals surface area (Å²) >= 11 is 0. The Morgan fingerprint density at radius 3 is 2.89 bits per heavy atom. The van der Waals surface area contributed by atoms with Crippen LogP contribution in [-0.4, -0.2) is 29.8 Å². The van der Waals surface area contributed by atoms with Crippen LogP contribution in [0, 0.1) is 0 Å². The van der Waals surface area contributed by atoms with Gasteiger partial charge in [0, 0.05) is 6.54 Å². The number of hydrogen-bond acceptors (Lipinski definition) is 5. The summed E-state index contributed by atoms with van der Waals surface area (Å²) in [7, 11) is 0. The topological polar surface area (TPSA) is 64.5 Å². The summed E-state index contributed by atoms with van der Waals surface area (Å²) < 4.78 is 11.7. The predicted octanol–water partition coefficient (Wildman–Crippen LogP) is 2.41. The number of nitrogens with zero attached hydrogens (tertiary/aromatic N) is 2. The van der Waals surface area contributed by atoms with E-state index in [1.54, 1.807) is 0 Å². The minimum atomic E-state index is -0.204. The van der Waals surface area contributed by atoms with Crippen molar-refractivity contribution >= 4 is 22.8 Å². The molecule has 1 saturated heterocycles. The van der Waals surface area contributed by atoms with E-state index >= 15 is 0 Å². The average Bonchev–Trinajstić information content (AvgIpc) is 2.71. The molecule has 2 heterocycles. The van der Waals surface area contributed by atoms with E-state index < -0.39 is 0 Å². The molecule has 0 radical (unpaired) electrons. The zero-order valence-electron chi connectivity index (χ0n) is 11.5. The molecule has 1 unspecified atom stereocenters. The maximum Gasteiger partial charge on any atom is 0.298 e. The van der Waals surface area contributed by atoms with Gasteiger partial charge in [0.1, 0.15) is 5.52 Å². The minimum Gasteiger partial charge on any atom is -0.423 e. The number of nitrogen functional groups attached to an aromatic ring is 1. The third-order valence-electron chi connectivity index (χ3n) is 3.28. The van der Waals surface area contributed by atoms with Gasteiger partial charge < -0.3 is 19.8 Å². The second kappa shape index (κ2) is 4.13. The first-order valence-electron chi connectivity index (χ1n) is 6.52. The third kappa shape index (κ3) is 2.26. The van der Waals surface area contributed by atoms with Gasteiger partial charge in [0.25, 0.3) is 6.01 Å². The van der Waals surface area contributed by atoms with Crippen molar-refractivity contribution in [3.8, 4) is 0 Å². The van der Waals surface area contributed by atoms with Crippen LogP contribution in [0.3, 0.4) is 0 Å². The number of aromatic nitrogens is 1. The molecule has 0 aliphatic carbocycles. The first kappa shape index (κ1) is 12.3. The first-order valence-corrected chi connectivity index (χ1v) is 6.52. The van der Waals surface area contributed by atoms with Gasteiger partial charge in [-0.1, -0.05) is 6.07 Å². The highest BCUT2D eigenvalue weighted by molar-refractivity contribution is 5.86. The van der Waals surface area contributed by atoms with E-state index in [0.717, 1.165) is 24.2 Å². The van der Waals surface area contributed by atoms with Gasteiger partial charge in [0.2, 0.25) is 0 Å². The number of morpholine rings is 1. The Morgan fingerprint density at radius 2 is 2.21 bits per heavy atom. The molecule has 1 aromatic heterocycles. The molecule has 1 fully saturated rings. The summed E-state index contributed by atoms with van der Waals surface area (Å²) in [6, 6.07) is 6.21. The molecule has 1 aromatic carbocycles. The van der Waals surface area contributed by atoms with E-state index in [-0.39, 0.29) is 11.7 Å². The van der Waals surface area contributed by atoms with Crippen molar-refractivity contribution in [1.29, 1.82) is 0 Å². The molecule has 2 aromatic rings. The maximum absolute atomic E-state index is 5.91. The normalized spacial score (nSPS) is 22.9. The van der Waals surface area contributed by atoms with Crippen LogP contribution >= 0.6 is 0 Å². The number of para-hydroxylation sites is 1. The van der Waals surface area contributed by atoms with Gasteiger partial charge in [-0.2, -0.15) is 4.98 Å². The number of fused-ring (bicyclic) bond motifs is 1. The number of oxazole rings is 1. The highest BCUT2D eigenvalue weighted by Gasteiger charge is 2.33. The van der Waals surface area contributed by atoms with Crippen LogP contribution in [0.15, 0.2) is 22.6 Å². The van der Waals surface area contributed by atoms with Crippen LogP contribution in [-0.2, 0) is 4.74 Å². The summed E-state index contributed by atoms with van der Waals surface area (Å²) in [4.78, 5) is 6.63. The maximum atomic E-state index is 5.91. The van der Waals surface area contributed by atoms with Gasteiger partial charge in [-0.15, -0.1) is 0 Å². The fourth-order valence-corrected chi connectivity index (χ4v) is 2.69. The van der Waals surface area contributed by atoms with Crippen molar-refractivity contribution in [2.45, 2.75) is 32.5 Å². The monoisotopic (exact) mass is 261 g/mol. The Bertz CT molecular complexity index is 606. The van der Waals surface area contributed by atoms with Crippen LogP contribution in [0.25, 0.3) is 11.1 Å². The van der Waals surface area contributed by atoms with Crippen molar-refractivity contribution in [2.75, 3.05) is 23.7 Å². The lowest BCUT2D eigenvalue weighted by Crippen LogP contribution is -2.52. The van der Waals surface area contributed by atoms with Crippen molar-refractivity contribution in [1.82, 2.24) is 4.98 Å². The van der Waals surface area contributed by atoms with Gasteiger partial charge in [-0.25, -0.2) is 0 Å². The molecule has 0 amide bonds. The Balaban J connectivity index is 1.97. The fourth-order valence-electron chi connectivity index (χ4n) is 2.69. The number of nitrogens with two attached hydrogens (primary N) is 1. The largest absolute Gasteiger partial charge is 0.423 e. The third-order valence-corrected chi connectivity index (χ3v) is 3.28. The number of benzene rings is 1. The minimum absolute atomic E-state index is 0.149. The molecule has 5 nitrogen and oxygen atoms in total. The lowest BCUT2D eigenvalue weighted by Gasteiger charge is -2.40. The zero-order valence-corrected chi connectivity index (χ0v) is 11.5. The lowest BCUT2D eigenvalue weighted by atomic mass is 10.1. The molecule has 1 atom stereocenters. The molecular weight excluding hydrogens is 242 g/mol. The zero-order chi connectivity index (χ0) is 13.6. The Morgan fingerprint density at radius 1 is 1.42 bits per heavy atom. The van der Waals surface area contributed by atoms with Gasteiger partial charge >= 0.3 is 0 Å². The van der Waals surface area contributed by atoms with E-state index in [4.69, 9.17) is 14.9 Å². The van der Waals surface area contributed by atoms with Gasteiger partial charge in [-0.05, 0) is 32.9 Å². The lowest BCUT2D eigenvalue weighted by molar-refractivity contribution is -0.0760. The summed E-state index contributed by atoms with van der Waals surface area (Å²) in [5, 5.41) is 0. The van der Waals surface area contributed by atoms with Crippen LogP contribution in [0.5, 0.6) is 0 Å². The molecule has 1 aliphatic rings. The molecule has 0 spiro atoms. The summed E-state index contributed by atoms with van der Waals surface area (Å²) in [6.45, 7) is 7.74. The van der Waals surface area contributed by atoms with Gasteiger partial charge in [0.15, 0.2) is 5.58 Å². The second-order valence-corrected chi connectivity index (χ2v) is 5.76. The van der Waals surface area contributed by atoms with E-state index in [0.29, 0.717) is 11.7 Å². The fraction of sp³-hybridized carbons (Fsp3) is 0.500. The summed E-state index contributed by atoms with van der Waals surface area (Å²) in [6.07, 6.45) is 0.149. The number of anilines is 2.